The summed E-state index contributed by atoms with van der Waals surface area (Å²) in [6.07, 6.45) is 0. The Morgan fingerprint density at radius 3 is 0.644 bits per heavy atom. The molecule has 0 aromatic heterocycles. The first-order valence-corrected chi connectivity index (χ1v) is 21.8. The number of alkyl halides is 1. The Hall–Kier alpha value is -2.38. The van der Waals surface area contributed by atoms with Gasteiger partial charge in [0.2, 0.25) is 0 Å². The van der Waals surface area contributed by atoms with E-state index in [1.807, 2.05) is 54.6 Å². The van der Waals surface area contributed by atoms with Gasteiger partial charge >= 0.3 is 0 Å². The minimum atomic E-state index is -0.754. The molecule has 14 heteroatoms. The fourth-order valence-corrected chi connectivity index (χ4v) is 5.83. The zero-order valence-corrected chi connectivity index (χ0v) is 36.3. The first-order chi connectivity index (χ1) is 29.4. The van der Waals surface area contributed by atoms with Crippen LogP contribution in [0.1, 0.15) is 16.7 Å². The highest BCUT2D eigenvalue weighted by molar-refractivity contribution is 9.09. The summed E-state index contributed by atoms with van der Waals surface area (Å²) >= 11 is 3.31. The fraction of sp³-hybridized carbons (Fsp3) is 0.600. The second-order valence-electron chi connectivity index (χ2n) is 12.7. The van der Waals surface area contributed by atoms with Gasteiger partial charge in [0.05, 0.1) is 165 Å². The minimum absolute atomic E-state index is 0.414. The first kappa shape index (κ1) is 51.0. The van der Waals surface area contributed by atoms with Crippen LogP contribution >= 0.6 is 15.9 Å². The van der Waals surface area contributed by atoms with E-state index in [2.05, 4.69) is 52.3 Å². The quantitative estimate of drug-likeness (QED) is 0.0400. The smallest absolute Gasteiger partial charge is 0.143 e. The molecule has 59 heavy (non-hydrogen) atoms. The Bertz CT molecular complexity index is 1220. The molecular formula is C45H67BrO13. The lowest BCUT2D eigenvalue weighted by Gasteiger charge is -2.36. The monoisotopic (exact) mass is 894 g/mol. The fourth-order valence-electron chi connectivity index (χ4n) is 5.60. The third-order valence-corrected chi connectivity index (χ3v) is 8.72. The molecule has 0 saturated heterocycles. The molecule has 3 rings (SSSR count). The van der Waals surface area contributed by atoms with E-state index >= 15 is 0 Å². The maximum atomic E-state index is 6.73. The average Bonchev–Trinajstić information content (AvgIpc) is 3.28. The summed E-state index contributed by atoms with van der Waals surface area (Å²) in [5.41, 5.74) is 2.44. The average molecular weight is 896 g/mol. The standard InChI is InChI=1S/C45H67BrO13/c46-16-17-47-18-19-48-20-21-49-22-23-50-24-25-51-26-27-52-28-29-53-30-31-54-32-33-55-34-35-56-36-37-57-38-39-58-40-41-59-45(42-10-4-1-5-11-42,43-12-6-2-7-13-43)44-14-8-3-9-15-44/h1-15H,16-41H2. The van der Waals surface area contributed by atoms with E-state index < -0.39 is 5.60 Å². The van der Waals surface area contributed by atoms with Crippen molar-refractivity contribution in [3.05, 3.63) is 108 Å². The van der Waals surface area contributed by atoms with Crippen molar-refractivity contribution in [1.29, 1.82) is 0 Å². The van der Waals surface area contributed by atoms with Crippen molar-refractivity contribution in [2.75, 3.05) is 171 Å². The first-order valence-electron chi connectivity index (χ1n) is 20.7. The second kappa shape index (κ2) is 37.4. The predicted molar refractivity (Wildman–Crippen MR) is 229 cm³/mol. The Morgan fingerprint density at radius 2 is 0.441 bits per heavy atom. The molecule has 332 valence electrons. The van der Waals surface area contributed by atoms with Crippen molar-refractivity contribution in [2.24, 2.45) is 0 Å². The zero-order chi connectivity index (χ0) is 41.4. The van der Waals surface area contributed by atoms with E-state index in [-0.39, 0.29) is 0 Å². The highest BCUT2D eigenvalue weighted by atomic mass is 79.9. The molecule has 13 nitrogen and oxygen atoms in total. The van der Waals surface area contributed by atoms with Gasteiger partial charge in [0.25, 0.3) is 0 Å². The topological polar surface area (TPSA) is 120 Å². The molecule has 0 bridgehead atoms. The van der Waals surface area contributed by atoms with Gasteiger partial charge in [-0.15, -0.1) is 0 Å². The summed E-state index contributed by atoms with van der Waals surface area (Å²) in [7, 11) is 0. The van der Waals surface area contributed by atoms with Crippen LogP contribution in [0.25, 0.3) is 0 Å². The van der Waals surface area contributed by atoms with Gasteiger partial charge in [0, 0.05) is 5.33 Å². The van der Waals surface area contributed by atoms with Crippen LogP contribution in [0.5, 0.6) is 0 Å². The van der Waals surface area contributed by atoms with Crippen molar-refractivity contribution in [3.63, 3.8) is 0 Å². The lowest BCUT2D eigenvalue weighted by molar-refractivity contribution is -0.0399. The lowest BCUT2D eigenvalue weighted by Crippen LogP contribution is -2.34. The normalized spacial score (nSPS) is 11.7. The van der Waals surface area contributed by atoms with Crippen LogP contribution in [0.4, 0.5) is 0 Å². The van der Waals surface area contributed by atoms with Gasteiger partial charge in [0.1, 0.15) is 5.60 Å². The van der Waals surface area contributed by atoms with Crippen LogP contribution in [-0.4, -0.2) is 171 Å². The molecule has 0 unspecified atom stereocenters. The van der Waals surface area contributed by atoms with Crippen LogP contribution in [-0.2, 0) is 67.2 Å². The van der Waals surface area contributed by atoms with Gasteiger partial charge in [-0.25, -0.2) is 0 Å². The van der Waals surface area contributed by atoms with Crippen molar-refractivity contribution in [2.45, 2.75) is 5.60 Å². The van der Waals surface area contributed by atoms with Crippen molar-refractivity contribution in [3.8, 4) is 0 Å². The molecule has 0 aliphatic heterocycles. The molecule has 3 aromatic carbocycles. The maximum absolute atomic E-state index is 6.73. The Balaban J connectivity index is 1.02. The van der Waals surface area contributed by atoms with E-state index in [1.54, 1.807) is 0 Å². The van der Waals surface area contributed by atoms with Gasteiger partial charge < -0.3 is 61.6 Å². The van der Waals surface area contributed by atoms with Crippen molar-refractivity contribution in [1.82, 2.24) is 0 Å². The number of hydrogen-bond donors (Lipinski definition) is 0. The van der Waals surface area contributed by atoms with E-state index in [9.17, 15) is 0 Å². The van der Waals surface area contributed by atoms with Gasteiger partial charge in [0.15, 0.2) is 0 Å². The number of rotatable bonds is 42. The molecule has 0 amide bonds. The molecule has 0 fully saturated rings. The van der Waals surface area contributed by atoms with Gasteiger partial charge in [-0.1, -0.05) is 107 Å². The number of halogens is 1. The Kier molecular flexibility index (Phi) is 32.3. The second-order valence-corrected chi connectivity index (χ2v) is 13.5. The van der Waals surface area contributed by atoms with Gasteiger partial charge in [-0.3, -0.25) is 0 Å². The van der Waals surface area contributed by atoms with E-state index in [0.29, 0.717) is 165 Å². The van der Waals surface area contributed by atoms with Crippen LogP contribution in [0, 0.1) is 0 Å². The summed E-state index contributed by atoms with van der Waals surface area (Å²) in [4.78, 5) is 0. The maximum Gasteiger partial charge on any atom is 0.143 e. The highest BCUT2D eigenvalue weighted by Gasteiger charge is 2.37. The van der Waals surface area contributed by atoms with Crippen molar-refractivity contribution < 1.29 is 61.6 Å². The lowest BCUT2D eigenvalue weighted by atomic mass is 9.80. The summed E-state index contributed by atoms with van der Waals surface area (Å²) in [6.45, 7) is 12.8. The third kappa shape index (κ3) is 24.6. The van der Waals surface area contributed by atoms with Crippen LogP contribution in [0.15, 0.2) is 91.0 Å². The predicted octanol–water partition coefficient (Wildman–Crippen LogP) is 5.59. The summed E-state index contributed by atoms with van der Waals surface area (Å²) in [5.74, 6) is 0. The molecular weight excluding hydrogens is 828 g/mol. The van der Waals surface area contributed by atoms with E-state index in [0.717, 1.165) is 22.0 Å². The summed E-state index contributed by atoms with van der Waals surface area (Å²) < 4.78 is 73.1. The zero-order valence-electron chi connectivity index (χ0n) is 34.7. The van der Waals surface area contributed by atoms with E-state index in [4.69, 9.17) is 61.6 Å². The van der Waals surface area contributed by atoms with E-state index in [1.165, 1.54) is 0 Å². The summed E-state index contributed by atoms with van der Waals surface area (Å²) in [6, 6.07) is 31.0. The molecule has 0 aliphatic carbocycles. The third-order valence-electron chi connectivity index (χ3n) is 8.40. The van der Waals surface area contributed by atoms with Gasteiger partial charge in [-0.05, 0) is 16.7 Å². The molecule has 0 spiro atoms. The SMILES string of the molecule is BrCCOCCOCCOCCOCCOCCOCCOCCOCCOCCOCCOCCOCCOC(c1ccccc1)(c1ccccc1)c1ccccc1. The van der Waals surface area contributed by atoms with Crippen LogP contribution < -0.4 is 0 Å². The number of hydrogen-bond acceptors (Lipinski definition) is 13. The molecule has 0 atom stereocenters. The summed E-state index contributed by atoms with van der Waals surface area (Å²) in [5, 5.41) is 0.834. The van der Waals surface area contributed by atoms with Crippen molar-refractivity contribution >= 4 is 15.9 Å². The Morgan fingerprint density at radius 1 is 0.254 bits per heavy atom. The molecule has 0 aliphatic rings. The van der Waals surface area contributed by atoms with Crippen LogP contribution in [0.3, 0.4) is 0 Å². The molecule has 3 aromatic rings. The highest BCUT2D eigenvalue weighted by Crippen LogP contribution is 2.40. The molecule has 0 saturated carbocycles. The number of ether oxygens (including phenoxy) is 13. The minimum Gasteiger partial charge on any atom is -0.378 e. The largest absolute Gasteiger partial charge is 0.378 e. The van der Waals surface area contributed by atoms with Crippen LogP contribution in [0.2, 0.25) is 0 Å². The molecule has 0 heterocycles. The Labute approximate surface area is 360 Å². The molecule has 0 N–H and O–H groups in total. The molecule has 0 radical (unpaired) electrons. The van der Waals surface area contributed by atoms with Gasteiger partial charge in [-0.2, -0.15) is 0 Å². The number of benzene rings is 3.